The lowest BCUT2D eigenvalue weighted by Gasteiger charge is -2.23. The first-order chi connectivity index (χ1) is 12.2. The third-order valence-corrected chi connectivity index (χ3v) is 5.64. The molecule has 1 aromatic carbocycles. The van der Waals surface area contributed by atoms with Crippen LogP contribution in [-0.4, -0.2) is 62.2 Å². The predicted molar refractivity (Wildman–Crippen MR) is 106 cm³/mol. The van der Waals surface area contributed by atoms with Crippen LogP contribution in [0.1, 0.15) is 6.42 Å². The Kier molecular flexibility index (Phi) is 6.25. The number of hydrogen-bond donors (Lipinski definition) is 1. The number of thiocarbonyl (C=S) groups is 1. The number of carbonyl (C=O) groups is 1. The molecule has 2 fully saturated rings. The molecule has 2 saturated heterocycles. The number of thioether (sulfide) groups is 1. The molecule has 0 saturated carbocycles. The predicted octanol–water partition coefficient (Wildman–Crippen LogP) is 2.48. The highest BCUT2D eigenvalue weighted by molar-refractivity contribution is 7.99. The molecule has 6 nitrogen and oxygen atoms in total. The van der Waals surface area contributed by atoms with Crippen molar-refractivity contribution >= 4 is 46.6 Å². The normalized spacial score (nSPS) is 20.8. The third-order valence-electron chi connectivity index (χ3n) is 4.28. The number of hydrogen-bond acceptors (Lipinski definition) is 6. The summed E-state index contributed by atoms with van der Waals surface area (Å²) in [5, 5.41) is 3.22. The molecule has 136 valence electrons. The first kappa shape index (κ1) is 18.1. The minimum absolute atomic E-state index is 0.247. The van der Waals surface area contributed by atoms with Gasteiger partial charge in [0.15, 0.2) is 0 Å². The number of ether oxygens (including phenoxy) is 2. The van der Waals surface area contributed by atoms with Gasteiger partial charge in [-0.25, -0.2) is 4.79 Å². The fourth-order valence-corrected chi connectivity index (χ4v) is 3.93. The van der Waals surface area contributed by atoms with Crippen LogP contribution in [0.4, 0.5) is 16.2 Å². The van der Waals surface area contributed by atoms with Gasteiger partial charge in [-0.1, -0.05) is 0 Å². The minimum atomic E-state index is -0.325. The fourth-order valence-electron chi connectivity index (χ4n) is 2.96. The molecule has 3 rings (SSSR count). The molecule has 0 unspecified atom stereocenters. The molecular weight excluding hydrogens is 358 g/mol. The summed E-state index contributed by atoms with van der Waals surface area (Å²) in [6.45, 7) is 3.10. The Morgan fingerprint density at radius 2 is 2.08 bits per heavy atom. The van der Waals surface area contributed by atoms with Crippen LogP contribution in [0.5, 0.6) is 0 Å². The Bertz CT molecular complexity index is 604. The van der Waals surface area contributed by atoms with Gasteiger partial charge in [0.25, 0.3) is 5.17 Å². The lowest BCUT2D eigenvalue weighted by Crippen LogP contribution is -2.34. The van der Waals surface area contributed by atoms with E-state index in [0.29, 0.717) is 18.3 Å². The van der Waals surface area contributed by atoms with Crippen molar-refractivity contribution in [3.05, 3.63) is 24.3 Å². The second-order valence-corrected chi connectivity index (χ2v) is 7.55. The molecule has 1 aromatic rings. The molecule has 2 heterocycles. The third kappa shape index (κ3) is 4.70. The second-order valence-electron chi connectivity index (χ2n) is 5.96. The molecule has 0 spiro atoms. The monoisotopic (exact) mass is 381 g/mol. The molecule has 1 amide bonds. The van der Waals surface area contributed by atoms with E-state index in [4.69, 9.17) is 21.7 Å². The molecule has 0 radical (unpaired) electrons. The molecule has 0 bridgehead atoms. The molecule has 8 heteroatoms. The topological polar surface area (TPSA) is 54.0 Å². The van der Waals surface area contributed by atoms with Crippen LogP contribution in [0.15, 0.2) is 24.3 Å². The van der Waals surface area contributed by atoms with Gasteiger partial charge in [-0.3, -0.25) is 4.90 Å². The lowest BCUT2D eigenvalue weighted by atomic mass is 10.2. The van der Waals surface area contributed by atoms with Gasteiger partial charge in [0.1, 0.15) is 6.10 Å². The number of carbonyl (C=O) groups excluding carboxylic acids is 1. The SMILES string of the molecule is COC(=S)NC[C@H]1CN(c2ccc(N3CCCSCC3)cc2)C(=O)O1. The van der Waals surface area contributed by atoms with Crippen LogP contribution in [-0.2, 0) is 9.47 Å². The molecule has 2 aliphatic heterocycles. The number of anilines is 2. The van der Waals surface area contributed by atoms with Crippen molar-refractivity contribution in [1.82, 2.24) is 5.32 Å². The highest BCUT2D eigenvalue weighted by Gasteiger charge is 2.32. The van der Waals surface area contributed by atoms with Crippen LogP contribution < -0.4 is 15.1 Å². The Morgan fingerprint density at radius 1 is 1.32 bits per heavy atom. The number of benzene rings is 1. The summed E-state index contributed by atoms with van der Waals surface area (Å²) in [5.41, 5.74) is 2.07. The number of nitrogens with zero attached hydrogens (tertiary/aromatic N) is 2. The second kappa shape index (κ2) is 8.62. The molecule has 1 N–H and O–H groups in total. The van der Waals surface area contributed by atoms with Crippen molar-refractivity contribution in [2.75, 3.05) is 54.6 Å². The van der Waals surface area contributed by atoms with E-state index in [1.54, 1.807) is 4.90 Å². The Hall–Kier alpha value is -1.67. The Balaban J connectivity index is 1.60. The van der Waals surface area contributed by atoms with Gasteiger partial charge < -0.3 is 19.7 Å². The smallest absolute Gasteiger partial charge is 0.414 e. The van der Waals surface area contributed by atoms with Crippen LogP contribution in [0.3, 0.4) is 0 Å². The number of rotatable bonds is 4. The van der Waals surface area contributed by atoms with E-state index >= 15 is 0 Å². The van der Waals surface area contributed by atoms with E-state index in [-0.39, 0.29) is 12.2 Å². The average molecular weight is 382 g/mol. The minimum Gasteiger partial charge on any atom is -0.474 e. The maximum absolute atomic E-state index is 12.1. The lowest BCUT2D eigenvalue weighted by molar-refractivity contribution is 0.142. The Morgan fingerprint density at radius 3 is 2.84 bits per heavy atom. The molecule has 0 aliphatic carbocycles. The summed E-state index contributed by atoms with van der Waals surface area (Å²) < 4.78 is 10.3. The van der Waals surface area contributed by atoms with Gasteiger partial charge >= 0.3 is 6.09 Å². The van der Waals surface area contributed by atoms with E-state index in [2.05, 4.69) is 22.3 Å². The highest BCUT2D eigenvalue weighted by atomic mass is 32.2. The molecule has 25 heavy (non-hydrogen) atoms. The number of cyclic esters (lactones) is 1. The molecule has 1 atom stereocenters. The maximum atomic E-state index is 12.1. The summed E-state index contributed by atoms with van der Waals surface area (Å²) in [5.74, 6) is 2.40. The zero-order chi connectivity index (χ0) is 17.6. The standard InChI is InChI=1S/C17H23N3O3S2/c1-22-16(24)18-11-15-12-20(17(21)23-15)14-5-3-13(4-6-14)19-7-2-9-25-10-8-19/h3-6,15H,2,7-12H2,1H3,(H,18,24)/t15-/m0/s1. The van der Waals surface area contributed by atoms with Crippen molar-refractivity contribution in [3.63, 3.8) is 0 Å². The van der Waals surface area contributed by atoms with Crippen molar-refractivity contribution in [3.8, 4) is 0 Å². The summed E-state index contributed by atoms with van der Waals surface area (Å²) in [7, 11) is 1.51. The van der Waals surface area contributed by atoms with Gasteiger partial charge in [-0.15, -0.1) is 0 Å². The van der Waals surface area contributed by atoms with Crippen molar-refractivity contribution in [1.29, 1.82) is 0 Å². The van der Waals surface area contributed by atoms with Crippen LogP contribution in [0.25, 0.3) is 0 Å². The Labute approximate surface area is 157 Å². The first-order valence-electron chi connectivity index (χ1n) is 8.40. The zero-order valence-electron chi connectivity index (χ0n) is 14.3. The largest absolute Gasteiger partial charge is 0.474 e. The van der Waals surface area contributed by atoms with Gasteiger partial charge in [-0.05, 0) is 48.7 Å². The van der Waals surface area contributed by atoms with Gasteiger partial charge in [0.05, 0.1) is 20.2 Å². The van der Waals surface area contributed by atoms with Gasteiger partial charge in [0, 0.05) is 30.2 Å². The van der Waals surface area contributed by atoms with E-state index in [1.165, 1.54) is 25.0 Å². The van der Waals surface area contributed by atoms with Crippen molar-refractivity contribution < 1.29 is 14.3 Å². The van der Waals surface area contributed by atoms with Crippen LogP contribution >= 0.6 is 24.0 Å². The molecular formula is C17H23N3O3S2. The fraction of sp³-hybridized carbons (Fsp3) is 0.529. The van der Waals surface area contributed by atoms with E-state index < -0.39 is 0 Å². The molecule has 2 aliphatic rings. The highest BCUT2D eigenvalue weighted by Crippen LogP contribution is 2.26. The first-order valence-corrected chi connectivity index (χ1v) is 9.96. The summed E-state index contributed by atoms with van der Waals surface area (Å²) in [6, 6.07) is 8.16. The van der Waals surface area contributed by atoms with E-state index in [9.17, 15) is 4.79 Å². The van der Waals surface area contributed by atoms with E-state index in [1.807, 2.05) is 23.9 Å². The summed E-state index contributed by atoms with van der Waals surface area (Å²) in [4.78, 5) is 16.2. The zero-order valence-corrected chi connectivity index (χ0v) is 15.9. The van der Waals surface area contributed by atoms with Crippen LogP contribution in [0.2, 0.25) is 0 Å². The average Bonchev–Trinajstić information content (AvgIpc) is 2.84. The number of nitrogens with one attached hydrogen (secondary N) is 1. The van der Waals surface area contributed by atoms with Gasteiger partial charge in [0.2, 0.25) is 0 Å². The van der Waals surface area contributed by atoms with E-state index in [0.717, 1.165) is 24.5 Å². The van der Waals surface area contributed by atoms with Gasteiger partial charge in [-0.2, -0.15) is 11.8 Å². The number of methoxy groups -OCH3 is 1. The maximum Gasteiger partial charge on any atom is 0.414 e. The quantitative estimate of drug-likeness (QED) is 0.804. The molecule has 0 aromatic heterocycles. The number of amides is 1. The van der Waals surface area contributed by atoms with Crippen molar-refractivity contribution in [2.45, 2.75) is 12.5 Å². The summed E-state index contributed by atoms with van der Waals surface area (Å²) in [6.07, 6.45) is 0.639. The van der Waals surface area contributed by atoms with Crippen molar-refractivity contribution in [2.24, 2.45) is 0 Å². The summed E-state index contributed by atoms with van der Waals surface area (Å²) >= 11 is 6.95. The van der Waals surface area contributed by atoms with Crippen LogP contribution in [0, 0.1) is 0 Å².